The lowest BCUT2D eigenvalue weighted by atomic mass is 10.0. The molecule has 2 aliphatic heterocycles. The number of fused-ring (bicyclic) bond motifs is 1. The quantitative estimate of drug-likeness (QED) is 0.855. The number of benzene rings is 1. The minimum absolute atomic E-state index is 0.127. The fourth-order valence-electron chi connectivity index (χ4n) is 2.58. The Hall–Kier alpha value is -2.44. The average Bonchev–Trinajstić information content (AvgIpc) is 2.61. The normalized spacial score (nSPS) is 18.6. The number of rotatable bonds is 1. The van der Waals surface area contributed by atoms with Crippen molar-refractivity contribution >= 4 is 23.8 Å². The molecule has 2 aliphatic rings. The number of anilines is 1. The Labute approximate surface area is 138 Å². The number of halogens is 2. The molecule has 5 nitrogen and oxygen atoms in total. The zero-order valence-electron chi connectivity index (χ0n) is 13.7. The Morgan fingerprint density at radius 2 is 2.00 bits per heavy atom. The van der Waals surface area contributed by atoms with Crippen molar-refractivity contribution in [2.45, 2.75) is 32.3 Å². The Morgan fingerprint density at radius 3 is 2.62 bits per heavy atom. The highest BCUT2D eigenvalue weighted by atomic mass is 19.3. The Morgan fingerprint density at radius 1 is 1.33 bits per heavy atom. The van der Waals surface area contributed by atoms with Crippen molar-refractivity contribution in [2.24, 2.45) is 0 Å². The average molecular weight is 336 g/mol. The highest BCUT2D eigenvalue weighted by molar-refractivity contribution is 6.04. The molecule has 0 unspecified atom stereocenters. The Bertz CT molecular complexity index is 743. The molecule has 0 aromatic heterocycles. The number of nitrogens with zero attached hydrogens (tertiary/aromatic N) is 1. The van der Waals surface area contributed by atoms with Gasteiger partial charge in [-0.2, -0.15) is 8.78 Å². The molecule has 1 saturated heterocycles. The van der Waals surface area contributed by atoms with Crippen molar-refractivity contribution < 1.29 is 23.1 Å². The standard InChI is InChI=1S/C17H18F2N2O3/c1-16(2,3)24-15(23)21-8-11(9-21)6-10-4-5-12-13(7-10)20-14(22)17(12,18)19/h4-7H,8-9H2,1-3H3,(H,20,22). The summed E-state index contributed by atoms with van der Waals surface area (Å²) in [6.07, 6.45) is 1.45. The van der Waals surface area contributed by atoms with Gasteiger partial charge in [0.1, 0.15) is 5.60 Å². The van der Waals surface area contributed by atoms with Gasteiger partial charge in [0.05, 0.1) is 11.3 Å². The predicted molar refractivity (Wildman–Crippen MR) is 84.7 cm³/mol. The SMILES string of the molecule is CC(C)(C)OC(=O)N1CC(=Cc2ccc3c(c2)NC(=O)C3(F)F)C1. The first-order chi connectivity index (χ1) is 11.1. The molecule has 0 spiro atoms. The van der Waals surface area contributed by atoms with E-state index in [2.05, 4.69) is 5.32 Å². The van der Waals surface area contributed by atoms with E-state index in [9.17, 15) is 18.4 Å². The monoisotopic (exact) mass is 336 g/mol. The van der Waals surface area contributed by atoms with Crippen molar-refractivity contribution in [3.8, 4) is 0 Å². The number of hydrogen-bond donors (Lipinski definition) is 1. The third-order valence-electron chi connectivity index (χ3n) is 3.73. The first-order valence-electron chi connectivity index (χ1n) is 7.57. The summed E-state index contributed by atoms with van der Waals surface area (Å²) >= 11 is 0. The van der Waals surface area contributed by atoms with Gasteiger partial charge in [-0.05, 0) is 44.0 Å². The number of amides is 2. The molecular weight excluding hydrogens is 318 g/mol. The topological polar surface area (TPSA) is 58.6 Å². The van der Waals surface area contributed by atoms with Crippen molar-refractivity contribution in [3.63, 3.8) is 0 Å². The second-order valence-electron chi connectivity index (χ2n) is 6.97. The van der Waals surface area contributed by atoms with Crippen molar-refractivity contribution in [2.75, 3.05) is 18.4 Å². The van der Waals surface area contributed by atoms with E-state index in [1.807, 2.05) is 6.08 Å². The molecule has 128 valence electrons. The highest BCUT2D eigenvalue weighted by Gasteiger charge is 2.48. The Balaban J connectivity index is 1.67. The molecule has 0 saturated carbocycles. The van der Waals surface area contributed by atoms with Crippen LogP contribution >= 0.6 is 0 Å². The number of likely N-dealkylation sites (tertiary alicyclic amines) is 1. The molecule has 1 N–H and O–H groups in total. The lowest BCUT2D eigenvalue weighted by molar-refractivity contribution is -0.139. The summed E-state index contributed by atoms with van der Waals surface area (Å²) in [6.45, 7) is 6.28. The van der Waals surface area contributed by atoms with Crippen LogP contribution in [0.3, 0.4) is 0 Å². The van der Waals surface area contributed by atoms with Crippen molar-refractivity contribution in [1.82, 2.24) is 4.90 Å². The molecule has 3 rings (SSSR count). The predicted octanol–water partition coefficient (Wildman–Crippen LogP) is 3.36. The highest BCUT2D eigenvalue weighted by Crippen LogP contribution is 2.40. The van der Waals surface area contributed by atoms with Crippen molar-refractivity contribution in [1.29, 1.82) is 0 Å². The van der Waals surface area contributed by atoms with E-state index < -0.39 is 17.4 Å². The molecule has 1 aromatic carbocycles. The second-order valence-corrected chi connectivity index (χ2v) is 6.97. The first-order valence-corrected chi connectivity index (χ1v) is 7.57. The van der Waals surface area contributed by atoms with Crippen LogP contribution in [-0.2, 0) is 15.5 Å². The van der Waals surface area contributed by atoms with Crippen LogP contribution in [0.1, 0.15) is 31.9 Å². The zero-order valence-corrected chi connectivity index (χ0v) is 13.7. The van der Waals surface area contributed by atoms with Crippen LogP contribution in [0.15, 0.2) is 23.8 Å². The van der Waals surface area contributed by atoms with E-state index in [1.165, 1.54) is 18.2 Å². The molecule has 0 bridgehead atoms. The fraction of sp³-hybridized carbons (Fsp3) is 0.412. The summed E-state index contributed by atoms with van der Waals surface area (Å²) in [5.74, 6) is -4.78. The summed E-state index contributed by atoms with van der Waals surface area (Å²) in [6, 6.07) is 4.30. The van der Waals surface area contributed by atoms with E-state index >= 15 is 0 Å². The first kappa shape index (κ1) is 16.4. The maximum absolute atomic E-state index is 13.6. The summed E-state index contributed by atoms with van der Waals surface area (Å²) in [4.78, 5) is 24.7. The van der Waals surface area contributed by atoms with Gasteiger partial charge in [-0.3, -0.25) is 4.79 Å². The van der Waals surface area contributed by atoms with E-state index in [0.29, 0.717) is 18.7 Å². The van der Waals surface area contributed by atoms with Crippen LogP contribution in [0.25, 0.3) is 6.08 Å². The van der Waals surface area contributed by atoms with Crippen LogP contribution < -0.4 is 5.32 Å². The van der Waals surface area contributed by atoms with Crippen LogP contribution in [0, 0.1) is 0 Å². The van der Waals surface area contributed by atoms with Crippen LogP contribution in [0.2, 0.25) is 0 Å². The molecular formula is C17H18F2N2O3. The maximum atomic E-state index is 13.6. The van der Waals surface area contributed by atoms with Gasteiger partial charge in [-0.25, -0.2) is 4.79 Å². The van der Waals surface area contributed by atoms with Crippen molar-refractivity contribution in [3.05, 3.63) is 34.9 Å². The molecule has 1 aromatic rings. The number of hydrogen-bond acceptors (Lipinski definition) is 3. The van der Waals surface area contributed by atoms with E-state index in [-0.39, 0.29) is 17.3 Å². The van der Waals surface area contributed by atoms with E-state index in [1.54, 1.807) is 25.7 Å². The molecule has 2 heterocycles. The smallest absolute Gasteiger partial charge is 0.410 e. The molecule has 2 amide bonds. The van der Waals surface area contributed by atoms with Gasteiger partial charge in [0.15, 0.2) is 0 Å². The van der Waals surface area contributed by atoms with Crippen LogP contribution in [0.5, 0.6) is 0 Å². The molecule has 0 atom stereocenters. The van der Waals surface area contributed by atoms with Gasteiger partial charge in [-0.1, -0.05) is 12.1 Å². The van der Waals surface area contributed by atoms with E-state index in [4.69, 9.17) is 4.74 Å². The van der Waals surface area contributed by atoms with Gasteiger partial charge >= 0.3 is 12.0 Å². The number of carbonyl (C=O) groups excluding carboxylic acids is 2. The molecule has 0 radical (unpaired) electrons. The number of ether oxygens (including phenoxy) is 1. The van der Waals surface area contributed by atoms with Gasteiger partial charge in [0.2, 0.25) is 0 Å². The third-order valence-corrected chi connectivity index (χ3v) is 3.73. The zero-order chi connectivity index (χ0) is 17.7. The Kier molecular flexibility index (Phi) is 3.62. The lowest BCUT2D eigenvalue weighted by Crippen LogP contribution is -2.46. The maximum Gasteiger partial charge on any atom is 0.410 e. The van der Waals surface area contributed by atoms with Crippen LogP contribution in [-0.4, -0.2) is 35.6 Å². The van der Waals surface area contributed by atoms with E-state index in [0.717, 1.165) is 5.57 Å². The van der Waals surface area contributed by atoms with Gasteiger partial charge in [-0.15, -0.1) is 0 Å². The second kappa shape index (κ2) is 5.29. The molecule has 0 aliphatic carbocycles. The number of nitrogens with one attached hydrogen (secondary N) is 1. The largest absolute Gasteiger partial charge is 0.444 e. The minimum atomic E-state index is -3.48. The lowest BCUT2D eigenvalue weighted by Gasteiger charge is -2.35. The van der Waals surface area contributed by atoms with Crippen LogP contribution in [0.4, 0.5) is 19.3 Å². The summed E-state index contributed by atoms with van der Waals surface area (Å²) in [7, 11) is 0. The van der Waals surface area contributed by atoms with Gasteiger partial charge in [0.25, 0.3) is 5.91 Å². The van der Waals surface area contributed by atoms with Gasteiger partial charge in [0, 0.05) is 13.1 Å². The molecule has 7 heteroatoms. The van der Waals surface area contributed by atoms with Gasteiger partial charge < -0.3 is 15.0 Å². The summed E-state index contributed by atoms with van der Waals surface area (Å²) < 4.78 is 32.4. The number of alkyl halides is 2. The number of carbonyl (C=O) groups is 2. The minimum Gasteiger partial charge on any atom is -0.444 e. The molecule has 24 heavy (non-hydrogen) atoms. The fourth-order valence-corrected chi connectivity index (χ4v) is 2.58. The molecule has 1 fully saturated rings. The summed E-state index contributed by atoms with van der Waals surface area (Å²) in [5, 5.41) is 2.19. The summed E-state index contributed by atoms with van der Waals surface area (Å²) in [5.41, 5.74) is 0.962. The third kappa shape index (κ3) is 2.98.